The zero-order chi connectivity index (χ0) is 18.1. The maximum atomic E-state index is 13.3. The fourth-order valence-corrected chi connectivity index (χ4v) is 3.45. The summed E-state index contributed by atoms with van der Waals surface area (Å²) >= 11 is 1.36. The minimum absolute atomic E-state index is 0.0139. The Balaban J connectivity index is 1.62. The molecule has 132 valence electrons. The van der Waals surface area contributed by atoms with Gasteiger partial charge in [0.15, 0.2) is 5.82 Å². The number of nitrogens with one attached hydrogen (secondary N) is 1. The molecular formula is C18H16FN5OS. The van der Waals surface area contributed by atoms with E-state index in [2.05, 4.69) is 27.5 Å². The summed E-state index contributed by atoms with van der Waals surface area (Å²) in [5.74, 6) is 1.27. The highest BCUT2D eigenvalue weighted by molar-refractivity contribution is 7.20. The van der Waals surface area contributed by atoms with E-state index in [-0.39, 0.29) is 11.7 Å². The topological polar surface area (TPSA) is 64.3 Å². The first-order chi connectivity index (χ1) is 12.6. The molecule has 2 heterocycles. The first kappa shape index (κ1) is 16.5. The largest absolute Gasteiger partial charge is 0.497 e. The fourth-order valence-electron chi connectivity index (χ4n) is 2.68. The summed E-state index contributed by atoms with van der Waals surface area (Å²) in [7, 11) is 1.64. The van der Waals surface area contributed by atoms with Gasteiger partial charge < -0.3 is 10.1 Å². The molecule has 4 aromatic rings. The minimum atomic E-state index is -0.299. The van der Waals surface area contributed by atoms with Gasteiger partial charge in [0.1, 0.15) is 11.6 Å². The number of nitrogens with zero attached hydrogens (tertiary/aromatic N) is 4. The molecular weight excluding hydrogens is 353 g/mol. The normalized spacial score (nSPS) is 12.3. The molecule has 0 aliphatic carbocycles. The molecule has 0 aliphatic heterocycles. The Morgan fingerprint density at radius 1 is 1.15 bits per heavy atom. The second-order valence-electron chi connectivity index (χ2n) is 5.79. The van der Waals surface area contributed by atoms with Crippen LogP contribution in [-0.2, 0) is 0 Å². The van der Waals surface area contributed by atoms with E-state index in [1.54, 1.807) is 23.8 Å². The smallest absolute Gasteiger partial charge is 0.236 e. The minimum Gasteiger partial charge on any atom is -0.497 e. The highest BCUT2D eigenvalue weighted by atomic mass is 32.1. The molecule has 0 saturated heterocycles. The van der Waals surface area contributed by atoms with E-state index in [1.807, 2.05) is 24.3 Å². The molecule has 0 radical (unpaired) electrons. The number of hydrogen-bond donors (Lipinski definition) is 1. The SMILES string of the molecule is COc1ccc([C@H](C)c2nnc3sc(Nc4cccc(F)c4)nn23)cc1. The average Bonchev–Trinajstić information content (AvgIpc) is 3.21. The summed E-state index contributed by atoms with van der Waals surface area (Å²) < 4.78 is 20.3. The van der Waals surface area contributed by atoms with Gasteiger partial charge in [0.05, 0.1) is 7.11 Å². The van der Waals surface area contributed by atoms with Crippen LogP contribution in [0.3, 0.4) is 0 Å². The van der Waals surface area contributed by atoms with Crippen LogP contribution >= 0.6 is 11.3 Å². The lowest BCUT2D eigenvalue weighted by molar-refractivity contribution is 0.414. The third-order valence-electron chi connectivity index (χ3n) is 4.09. The maximum Gasteiger partial charge on any atom is 0.236 e. The van der Waals surface area contributed by atoms with Crippen LogP contribution in [0.1, 0.15) is 24.2 Å². The van der Waals surface area contributed by atoms with E-state index in [0.29, 0.717) is 15.8 Å². The lowest BCUT2D eigenvalue weighted by Crippen LogP contribution is -2.04. The molecule has 0 saturated carbocycles. The molecule has 4 rings (SSSR count). The monoisotopic (exact) mass is 369 g/mol. The molecule has 2 aromatic carbocycles. The Labute approximate surface area is 153 Å². The standard InChI is InChI=1S/C18H16FN5OS/c1-11(12-6-8-15(25-2)9-7-12)16-21-22-18-24(16)23-17(26-18)20-14-5-3-4-13(19)10-14/h3-11H,1-2H3,(H,20,23)/t11-/m0/s1. The van der Waals surface area contributed by atoms with Crippen molar-refractivity contribution in [3.63, 3.8) is 0 Å². The van der Waals surface area contributed by atoms with Gasteiger partial charge in [0.2, 0.25) is 10.1 Å². The van der Waals surface area contributed by atoms with Gasteiger partial charge in [0, 0.05) is 11.6 Å². The van der Waals surface area contributed by atoms with Crippen LogP contribution in [0.25, 0.3) is 4.96 Å². The van der Waals surface area contributed by atoms with Crippen molar-refractivity contribution in [3.05, 3.63) is 65.7 Å². The van der Waals surface area contributed by atoms with E-state index in [4.69, 9.17) is 4.74 Å². The highest BCUT2D eigenvalue weighted by Gasteiger charge is 2.19. The molecule has 0 bridgehead atoms. The first-order valence-electron chi connectivity index (χ1n) is 8.03. The van der Waals surface area contributed by atoms with Gasteiger partial charge in [-0.25, -0.2) is 4.39 Å². The molecule has 2 aromatic heterocycles. The quantitative estimate of drug-likeness (QED) is 0.570. The van der Waals surface area contributed by atoms with Crippen molar-refractivity contribution in [2.75, 3.05) is 12.4 Å². The number of aromatic nitrogens is 4. The van der Waals surface area contributed by atoms with Gasteiger partial charge in [-0.05, 0) is 35.9 Å². The van der Waals surface area contributed by atoms with Crippen LogP contribution in [0, 0.1) is 5.82 Å². The molecule has 0 unspecified atom stereocenters. The summed E-state index contributed by atoms with van der Waals surface area (Å²) in [6.07, 6.45) is 0. The zero-order valence-electron chi connectivity index (χ0n) is 14.2. The number of hydrogen-bond acceptors (Lipinski definition) is 6. The summed E-state index contributed by atoms with van der Waals surface area (Å²) in [5, 5.41) is 16.7. The van der Waals surface area contributed by atoms with Crippen molar-refractivity contribution in [2.24, 2.45) is 0 Å². The number of benzene rings is 2. The van der Waals surface area contributed by atoms with Gasteiger partial charge in [-0.3, -0.25) is 0 Å². The third kappa shape index (κ3) is 3.11. The van der Waals surface area contributed by atoms with E-state index >= 15 is 0 Å². The number of rotatable bonds is 5. The van der Waals surface area contributed by atoms with Crippen LogP contribution in [0.5, 0.6) is 5.75 Å². The highest BCUT2D eigenvalue weighted by Crippen LogP contribution is 2.28. The van der Waals surface area contributed by atoms with Crippen LogP contribution < -0.4 is 10.1 Å². The second kappa shape index (κ2) is 6.72. The Hall–Kier alpha value is -3.00. The Bertz CT molecular complexity index is 1040. The lowest BCUT2D eigenvalue weighted by atomic mass is 10.0. The summed E-state index contributed by atoms with van der Waals surface area (Å²) in [4.78, 5) is 0.680. The number of methoxy groups -OCH3 is 1. The van der Waals surface area contributed by atoms with E-state index in [0.717, 1.165) is 17.1 Å². The molecule has 8 heteroatoms. The van der Waals surface area contributed by atoms with Gasteiger partial charge >= 0.3 is 0 Å². The van der Waals surface area contributed by atoms with Gasteiger partial charge in [-0.1, -0.05) is 36.5 Å². The van der Waals surface area contributed by atoms with Crippen LogP contribution in [0.4, 0.5) is 15.2 Å². The molecule has 6 nitrogen and oxygen atoms in total. The molecule has 1 atom stereocenters. The Kier molecular flexibility index (Phi) is 4.26. The summed E-state index contributed by atoms with van der Waals surface area (Å²) in [6.45, 7) is 2.05. The Morgan fingerprint density at radius 3 is 2.69 bits per heavy atom. The molecule has 1 N–H and O–H groups in total. The van der Waals surface area contributed by atoms with Crippen molar-refractivity contribution < 1.29 is 9.13 Å². The average molecular weight is 369 g/mol. The van der Waals surface area contributed by atoms with Crippen molar-refractivity contribution in [2.45, 2.75) is 12.8 Å². The predicted molar refractivity (Wildman–Crippen MR) is 98.9 cm³/mol. The maximum absolute atomic E-state index is 13.3. The Morgan fingerprint density at radius 2 is 1.96 bits per heavy atom. The van der Waals surface area contributed by atoms with Gasteiger partial charge in [-0.2, -0.15) is 4.52 Å². The molecule has 0 aliphatic rings. The zero-order valence-corrected chi connectivity index (χ0v) is 15.0. The predicted octanol–water partition coefficient (Wildman–Crippen LogP) is 4.23. The lowest BCUT2D eigenvalue weighted by Gasteiger charge is -2.09. The van der Waals surface area contributed by atoms with Crippen LogP contribution in [-0.4, -0.2) is 26.9 Å². The van der Waals surface area contributed by atoms with Crippen LogP contribution in [0.2, 0.25) is 0 Å². The van der Waals surface area contributed by atoms with Gasteiger partial charge in [-0.15, -0.1) is 15.3 Å². The molecule has 0 spiro atoms. The molecule has 0 amide bonds. The first-order valence-corrected chi connectivity index (χ1v) is 8.84. The van der Waals surface area contributed by atoms with Crippen LogP contribution in [0.15, 0.2) is 48.5 Å². The van der Waals surface area contributed by atoms with E-state index in [9.17, 15) is 4.39 Å². The number of ether oxygens (including phenoxy) is 1. The van der Waals surface area contributed by atoms with Crippen molar-refractivity contribution in [1.82, 2.24) is 19.8 Å². The number of anilines is 2. The number of fused-ring (bicyclic) bond motifs is 1. The van der Waals surface area contributed by atoms with Crippen molar-refractivity contribution >= 4 is 27.1 Å². The summed E-state index contributed by atoms with van der Waals surface area (Å²) in [5.41, 5.74) is 1.73. The molecule has 0 fully saturated rings. The number of halogens is 1. The van der Waals surface area contributed by atoms with Crippen molar-refractivity contribution in [1.29, 1.82) is 0 Å². The third-order valence-corrected chi connectivity index (χ3v) is 4.91. The van der Waals surface area contributed by atoms with Gasteiger partial charge in [0.25, 0.3) is 0 Å². The van der Waals surface area contributed by atoms with Crippen molar-refractivity contribution in [3.8, 4) is 5.75 Å². The van der Waals surface area contributed by atoms with E-state index in [1.165, 1.54) is 23.5 Å². The van der Waals surface area contributed by atoms with E-state index < -0.39 is 0 Å². The summed E-state index contributed by atoms with van der Waals surface area (Å²) in [6, 6.07) is 14.1. The fraction of sp³-hybridized carbons (Fsp3) is 0.167. The molecule has 26 heavy (non-hydrogen) atoms. The second-order valence-corrected chi connectivity index (χ2v) is 6.75.